The van der Waals surface area contributed by atoms with E-state index in [1.54, 1.807) is 0 Å². The monoisotopic (exact) mass is 287 g/mol. The molecular formula is C17H25N3O. The summed E-state index contributed by atoms with van der Waals surface area (Å²) in [5.41, 5.74) is 4.55. The molecule has 2 aromatic rings. The molecule has 1 aromatic heterocycles. The lowest BCUT2D eigenvalue weighted by Gasteiger charge is -2.11. The fraction of sp³-hybridized carbons (Fsp3) is 0.471. The first-order chi connectivity index (χ1) is 10.0. The van der Waals surface area contributed by atoms with Crippen molar-refractivity contribution in [3.05, 3.63) is 40.6 Å². The molecule has 1 aromatic carbocycles. The summed E-state index contributed by atoms with van der Waals surface area (Å²) < 4.78 is 7.93. The number of benzene rings is 1. The van der Waals surface area contributed by atoms with E-state index in [-0.39, 0.29) is 0 Å². The Bertz CT molecular complexity index is 596. The van der Waals surface area contributed by atoms with Crippen molar-refractivity contribution < 1.29 is 4.74 Å². The molecule has 0 aliphatic carbocycles. The summed E-state index contributed by atoms with van der Waals surface area (Å²) in [5, 5.41) is 7.90. The van der Waals surface area contributed by atoms with Crippen molar-refractivity contribution in [2.45, 2.75) is 40.7 Å². The molecule has 4 nitrogen and oxygen atoms in total. The number of ether oxygens (including phenoxy) is 1. The number of hydrogen-bond acceptors (Lipinski definition) is 3. The van der Waals surface area contributed by atoms with Crippen molar-refractivity contribution in [2.24, 2.45) is 7.05 Å². The Morgan fingerprint density at radius 2 is 1.81 bits per heavy atom. The van der Waals surface area contributed by atoms with Gasteiger partial charge in [0.25, 0.3) is 0 Å². The predicted octanol–water partition coefficient (Wildman–Crippen LogP) is 3.64. The topological polar surface area (TPSA) is 39.1 Å². The second-order valence-electron chi connectivity index (χ2n) is 5.59. The highest BCUT2D eigenvalue weighted by molar-refractivity contribution is 5.39. The van der Waals surface area contributed by atoms with Crippen LogP contribution in [0, 0.1) is 20.8 Å². The van der Waals surface area contributed by atoms with Crippen LogP contribution in [0.15, 0.2) is 18.2 Å². The van der Waals surface area contributed by atoms with Crippen LogP contribution in [0.2, 0.25) is 0 Å². The van der Waals surface area contributed by atoms with Crippen LogP contribution in [-0.4, -0.2) is 16.3 Å². The van der Waals surface area contributed by atoms with E-state index >= 15 is 0 Å². The second-order valence-corrected chi connectivity index (χ2v) is 5.59. The van der Waals surface area contributed by atoms with Gasteiger partial charge >= 0.3 is 0 Å². The van der Waals surface area contributed by atoms with Crippen molar-refractivity contribution >= 4 is 0 Å². The third kappa shape index (κ3) is 3.85. The third-order valence-corrected chi connectivity index (χ3v) is 3.43. The van der Waals surface area contributed by atoms with Gasteiger partial charge in [0.15, 0.2) is 0 Å². The Labute approximate surface area is 127 Å². The van der Waals surface area contributed by atoms with Gasteiger partial charge in [0.2, 0.25) is 5.88 Å². The zero-order valence-electron chi connectivity index (χ0n) is 13.7. The average molecular weight is 287 g/mol. The van der Waals surface area contributed by atoms with Crippen LogP contribution in [0.4, 0.5) is 0 Å². The Balaban J connectivity index is 2.26. The highest BCUT2D eigenvalue weighted by atomic mass is 16.5. The van der Waals surface area contributed by atoms with Crippen LogP contribution >= 0.6 is 0 Å². The molecule has 114 valence electrons. The molecule has 1 N–H and O–H groups in total. The van der Waals surface area contributed by atoms with Gasteiger partial charge in [-0.1, -0.05) is 13.0 Å². The number of nitrogens with zero attached hydrogens (tertiary/aromatic N) is 2. The first-order valence-electron chi connectivity index (χ1n) is 7.50. The minimum atomic E-state index is 0.785. The first kappa shape index (κ1) is 15.6. The average Bonchev–Trinajstić information content (AvgIpc) is 2.64. The largest absolute Gasteiger partial charge is 0.439 e. The molecule has 0 aliphatic rings. The summed E-state index contributed by atoms with van der Waals surface area (Å²) in [6.45, 7) is 10.1. The molecule has 4 heteroatoms. The summed E-state index contributed by atoms with van der Waals surface area (Å²) in [6, 6.07) is 6.25. The van der Waals surface area contributed by atoms with Crippen LogP contribution in [0.3, 0.4) is 0 Å². The molecule has 0 spiro atoms. The minimum Gasteiger partial charge on any atom is -0.439 e. The lowest BCUT2D eigenvalue weighted by molar-refractivity contribution is 0.423. The summed E-state index contributed by atoms with van der Waals surface area (Å²) in [6.07, 6.45) is 1.12. The minimum absolute atomic E-state index is 0.785. The number of nitrogens with one attached hydrogen (secondary N) is 1. The van der Waals surface area contributed by atoms with Crippen molar-refractivity contribution in [3.8, 4) is 11.6 Å². The van der Waals surface area contributed by atoms with Gasteiger partial charge in [-0.3, -0.25) is 0 Å². The normalized spacial score (nSPS) is 10.9. The Morgan fingerprint density at radius 3 is 2.43 bits per heavy atom. The molecular weight excluding hydrogens is 262 g/mol. The summed E-state index contributed by atoms with van der Waals surface area (Å²) >= 11 is 0. The van der Waals surface area contributed by atoms with E-state index in [4.69, 9.17) is 4.74 Å². The molecule has 0 amide bonds. The maximum atomic E-state index is 6.11. The fourth-order valence-corrected chi connectivity index (χ4v) is 2.51. The standard InChI is InChI=1S/C17H25N3O/c1-6-7-18-11-16-14(4)19-20(5)17(16)21-15-9-12(2)8-13(3)10-15/h8-10,18H,6-7,11H2,1-5H3. The van der Waals surface area contributed by atoms with Crippen molar-refractivity contribution in [3.63, 3.8) is 0 Å². The van der Waals surface area contributed by atoms with Gasteiger partial charge in [-0.2, -0.15) is 5.10 Å². The molecule has 0 aliphatic heterocycles. The van der Waals surface area contributed by atoms with Gasteiger partial charge < -0.3 is 10.1 Å². The molecule has 0 saturated carbocycles. The van der Waals surface area contributed by atoms with E-state index in [0.29, 0.717) is 0 Å². The van der Waals surface area contributed by atoms with E-state index in [9.17, 15) is 0 Å². The summed E-state index contributed by atoms with van der Waals surface area (Å²) in [7, 11) is 1.92. The van der Waals surface area contributed by atoms with Crippen LogP contribution < -0.4 is 10.1 Å². The SMILES string of the molecule is CCCNCc1c(C)nn(C)c1Oc1cc(C)cc(C)c1. The lowest BCUT2D eigenvalue weighted by Crippen LogP contribution is -2.14. The van der Waals surface area contributed by atoms with Gasteiger partial charge in [-0.05, 0) is 57.0 Å². The molecule has 2 rings (SSSR count). The van der Waals surface area contributed by atoms with E-state index in [1.165, 1.54) is 11.1 Å². The van der Waals surface area contributed by atoms with Crippen LogP contribution in [0.1, 0.15) is 35.7 Å². The lowest BCUT2D eigenvalue weighted by atomic mass is 10.1. The van der Waals surface area contributed by atoms with E-state index in [1.807, 2.05) is 18.7 Å². The Hall–Kier alpha value is -1.81. The van der Waals surface area contributed by atoms with Crippen molar-refractivity contribution in [1.29, 1.82) is 0 Å². The zero-order chi connectivity index (χ0) is 15.4. The number of rotatable bonds is 6. The summed E-state index contributed by atoms with van der Waals surface area (Å²) in [5.74, 6) is 1.69. The molecule has 0 fully saturated rings. The van der Waals surface area contributed by atoms with Gasteiger partial charge in [-0.15, -0.1) is 0 Å². The van der Waals surface area contributed by atoms with Gasteiger partial charge in [-0.25, -0.2) is 4.68 Å². The van der Waals surface area contributed by atoms with Crippen molar-refractivity contribution in [2.75, 3.05) is 6.54 Å². The van der Waals surface area contributed by atoms with Crippen LogP contribution in [-0.2, 0) is 13.6 Å². The van der Waals surface area contributed by atoms with Gasteiger partial charge in [0.05, 0.1) is 11.3 Å². The van der Waals surface area contributed by atoms with Crippen LogP contribution in [0.25, 0.3) is 0 Å². The first-order valence-corrected chi connectivity index (χ1v) is 7.50. The van der Waals surface area contributed by atoms with E-state index in [2.05, 4.69) is 49.4 Å². The van der Waals surface area contributed by atoms with Gasteiger partial charge in [0.1, 0.15) is 5.75 Å². The Kier molecular flexibility index (Phi) is 5.02. The summed E-state index contributed by atoms with van der Waals surface area (Å²) in [4.78, 5) is 0. The Morgan fingerprint density at radius 1 is 1.14 bits per heavy atom. The number of hydrogen-bond donors (Lipinski definition) is 1. The zero-order valence-corrected chi connectivity index (χ0v) is 13.7. The fourth-order valence-electron chi connectivity index (χ4n) is 2.51. The maximum absolute atomic E-state index is 6.11. The molecule has 0 saturated heterocycles. The van der Waals surface area contributed by atoms with E-state index in [0.717, 1.165) is 42.4 Å². The van der Waals surface area contributed by atoms with Gasteiger partial charge in [0, 0.05) is 13.6 Å². The number of aromatic nitrogens is 2. The molecule has 21 heavy (non-hydrogen) atoms. The third-order valence-electron chi connectivity index (χ3n) is 3.43. The molecule has 0 atom stereocenters. The predicted molar refractivity (Wildman–Crippen MR) is 85.9 cm³/mol. The molecule has 0 bridgehead atoms. The van der Waals surface area contributed by atoms with E-state index < -0.39 is 0 Å². The smallest absolute Gasteiger partial charge is 0.222 e. The second kappa shape index (κ2) is 6.76. The molecule has 0 radical (unpaired) electrons. The molecule has 0 unspecified atom stereocenters. The highest BCUT2D eigenvalue weighted by Crippen LogP contribution is 2.28. The molecule has 1 heterocycles. The van der Waals surface area contributed by atoms with Crippen molar-refractivity contribution in [1.82, 2.24) is 15.1 Å². The highest BCUT2D eigenvalue weighted by Gasteiger charge is 2.15. The quantitative estimate of drug-likeness (QED) is 0.824. The van der Waals surface area contributed by atoms with Crippen LogP contribution in [0.5, 0.6) is 11.6 Å². The maximum Gasteiger partial charge on any atom is 0.222 e. The number of aryl methyl sites for hydroxylation is 4.